The summed E-state index contributed by atoms with van der Waals surface area (Å²) in [5, 5.41) is 3.19. The topological polar surface area (TPSA) is 50.7 Å². The minimum Gasteiger partial charge on any atom is -0.482 e. The van der Waals surface area contributed by atoms with Gasteiger partial charge >= 0.3 is 0 Å². The molecule has 1 N–H and O–H groups in total. The Balaban J connectivity index is 1.61. The monoisotopic (exact) mass is 392 g/mol. The van der Waals surface area contributed by atoms with Crippen LogP contribution in [-0.4, -0.2) is 18.7 Å². The van der Waals surface area contributed by atoms with Gasteiger partial charge in [0.15, 0.2) is 6.61 Å². The van der Waals surface area contributed by atoms with Crippen LogP contribution in [0, 0.1) is 13.8 Å². The lowest BCUT2D eigenvalue weighted by Crippen LogP contribution is -2.20. The number of nitrogens with one attached hydrogen (secondary N) is 1. The fourth-order valence-corrected chi connectivity index (χ4v) is 2.82. The van der Waals surface area contributed by atoms with Gasteiger partial charge in [-0.3, -0.25) is 9.79 Å². The van der Waals surface area contributed by atoms with Gasteiger partial charge in [0.1, 0.15) is 5.75 Å². The van der Waals surface area contributed by atoms with E-state index in [0.29, 0.717) is 10.8 Å². The van der Waals surface area contributed by atoms with Gasteiger partial charge in [-0.25, -0.2) is 0 Å². The highest BCUT2D eigenvalue weighted by atomic mass is 35.5. The number of carbonyl (C=O) groups is 1. The largest absolute Gasteiger partial charge is 0.482 e. The highest BCUT2D eigenvalue weighted by molar-refractivity contribution is 6.32. The van der Waals surface area contributed by atoms with Crippen LogP contribution >= 0.6 is 11.6 Å². The molecule has 0 saturated carbocycles. The third kappa shape index (κ3) is 5.44. The number of nitrogens with zero attached hydrogens (tertiary/aromatic N) is 1. The number of carbonyl (C=O) groups excluding carboxylic acids is 1. The average Bonchev–Trinajstić information content (AvgIpc) is 2.68. The predicted octanol–water partition coefficient (Wildman–Crippen LogP) is 5.72. The molecule has 0 bridgehead atoms. The summed E-state index contributed by atoms with van der Waals surface area (Å²) in [4.78, 5) is 16.5. The van der Waals surface area contributed by atoms with Crippen LogP contribution in [0.2, 0.25) is 5.02 Å². The molecule has 5 heteroatoms. The molecule has 28 heavy (non-hydrogen) atoms. The Morgan fingerprint density at radius 2 is 1.86 bits per heavy atom. The molecule has 0 unspecified atom stereocenters. The molecule has 142 valence electrons. The van der Waals surface area contributed by atoms with Gasteiger partial charge in [-0.05, 0) is 66.9 Å². The lowest BCUT2D eigenvalue weighted by Gasteiger charge is -2.09. The summed E-state index contributed by atoms with van der Waals surface area (Å²) in [5.41, 5.74) is 4.77. The minimum absolute atomic E-state index is 0.120. The number of ether oxygens (including phenoxy) is 1. The van der Waals surface area contributed by atoms with Crippen LogP contribution in [0.4, 0.5) is 11.4 Å². The molecule has 0 radical (unpaired) electrons. The van der Waals surface area contributed by atoms with Crippen molar-refractivity contribution in [1.82, 2.24) is 0 Å². The summed E-state index contributed by atoms with van der Waals surface area (Å²) in [6.07, 6.45) is 1.76. The van der Waals surface area contributed by atoms with Gasteiger partial charge in [0.05, 0.1) is 10.7 Å². The van der Waals surface area contributed by atoms with E-state index in [1.165, 1.54) is 0 Å². The summed E-state index contributed by atoms with van der Waals surface area (Å²) < 4.78 is 5.53. The molecule has 3 aromatic carbocycles. The van der Waals surface area contributed by atoms with Crippen molar-refractivity contribution in [3.8, 4) is 5.75 Å². The van der Waals surface area contributed by atoms with Crippen molar-refractivity contribution in [3.05, 3.63) is 88.4 Å². The van der Waals surface area contributed by atoms with Crippen LogP contribution < -0.4 is 10.1 Å². The first-order valence-corrected chi connectivity index (χ1v) is 9.27. The molecule has 1 amide bonds. The van der Waals surface area contributed by atoms with Crippen LogP contribution in [0.15, 0.2) is 71.7 Å². The van der Waals surface area contributed by atoms with Crippen molar-refractivity contribution < 1.29 is 9.53 Å². The van der Waals surface area contributed by atoms with E-state index in [2.05, 4.69) is 16.4 Å². The van der Waals surface area contributed by atoms with E-state index in [1.807, 2.05) is 62.4 Å². The first-order valence-electron chi connectivity index (χ1n) is 8.90. The average molecular weight is 393 g/mol. The normalized spacial score (nSPS) is 10.8. The number of aryl methyl sites for hydroxylation is 2. The second kappa shape index (κ2) is 9.20. The number of anilines is 1. The Morgan fingerprint density at radius 3 is 2.61 bits per heavy atom. The van der Waals surface area contributed by atoms with E-state index < -0.39 is 0 Å². The fourth-order valence-electron chi connectivity index (χ4n) is 2.58. The number of rotatable bonds is 6. The molecule has 0 fully saturated rings. The number of hydrogen-bond donors (Lipinski definition) is 1. The summed E-state index contributed by atoms with van der Waals surface area (Å²) >= 11 is 6.29. The van der Waals surface area contributed by atoms with Crippen molar-refractivity contribution in [2.75, 3.05) is 11.9 Å². The molecule has 4 nitrogen and oxygen atoms in total. The van der Waals surface area contributed by atoms with Gasteiger partial charge in [0, 0.05) is 11.9 Å². The van der Waals surface area contributed by atoms with Crippen LogP contribution in [0.5, 0.6) is 5.75 Å². The van der Waals surface area contributed by atoms with Gasteiger partial charge in [-0.15, -0.1) is 0 Å². The number of para-hydroxylation sites is 1. The predicted molar refractivity (Wildman–Crippen MR) is 115 cm³/mol. The lowest BCUT2D eigenvalue weighted by atomic mass is 10.1. The van der Waals surface area contributed by atoms with E-state index in [0.717, 1.165) is 28.1 Å². The van der Waals surface area contributed by atoms with Crippen LogP contribution in [-0.2, 0) is 4.79 Å². The number of amides is 1. The first kappa shape index (κ1) is 19.6. The standard InChI is InChI=1S/C23H21ClN2O2/c1-16-8-9-17(2)21(12-16)25-14-18-10-11-22(20(24)13-18)28-15-23(27)26-19-6-4-3-5-7-19/h3-14H,15H2,1-2H3,(H,26,27). The summed E-state index contributed by atoms with van der Waals surface area (Å²) in [6.45, 7) is 3.94. The Labute approximate surface area is 169 Å². The van der Waals surface area contributed by atoms with Gasteiger partial charge in [0.2, 0.25) is 0 Å². The molecule has 0 aliphatic rings. The van der Waals surface area contributed by atoms with Gasteiger partial charge in [0.25, 0.3) is 5.91 Å². The second-order valence-corrected chi connectivity index (χ2v) is 6.85. The maximum Gasteiger partial charge on any atom is 0.262 e. The van der Waals surface area contributed by atoms with Gasteiger partial charge < -0.3 is 10.1 Å². The summed E-state index contributed by atoms with van der Waals surface area (Å²) in [7, 11) is 0. The third-order valence-corrected chi connectivity index (χ3v) is 4.38. The molecule has 0 atom stereocenters. The number of aliphatic imine (C=N–C) groups is 1. The molecule has 3 aromatic rings. The zero-order valence-corrected chi connectivity index (χ0v) is 16.5. The number of benzene rings is 3. The maximum atomic E-state index is 12.0. The Morgan fingerprint density at radius 1 is 1.07 bits per heavy atom. The molecular formula is C23H21ClN2O2. The highest BCUT2D eigenvalue weighted by Gasteiger charge is 2.07. The molecular weight excluding hydrogens is 372 g/mol. The molecule has 0 aliphatic heterocycles. The van der Waals surface area contributed by atoms with E-state index in [4.69, 9.17) is 16.3 Å². The van der Waals surface area contributed by atoms with Crippen LogP contribution in [0.1, 0.15) is 16.7 Å². The van der Waals surface area contributed by atoms with E-state index >= 15 is 0 Å². The maximum absolute atomic E-state index is 12.0. The molecule has 0 aliphatic carbocycles. The molecule has 0 spiro atoms. The minimum atomic E-state index is -0.247. The van der Waals surface area contributed by atoms with E-state index in [1.54, 1.807) is 18.3 Å². The van der Waals surface area contributed by atoms with E-state index in [9.17, 15) is 4.79 Å². The fraction of sp³-hybridized carbons (Fsp3) is 0.130. The van der Waals surface area contributed by atoms with Gasteiger partial charge in [-0.2, -0.15) is 0 Å². The third-order valence-electron chi connectivity index (χ3n) is 4.09. The van der Waals surface area contributed by atoms with Crippen LogP contribution in [0.3, 0.4) is 0 Å². The quantitative estimate of drug-likeness (QED) is 0.545. The van der Waals surface area contributed by atoms with Crippen molar-refractivity contribution >= 4 is 35.1 Å². The smallest absolute Gasteiger partial charge is 0.262 e. The Hall–Kier alpha value is -3.11. The lowest BCUT2D eigenvalue weighted by molar-refractivity contribution is -0.118. The van der Waals surface area contributed by atoms with E-state index in [-0.39, 0.29) is 12.5 Å². The molecule has 0 aromatic heterocycles. The first-order chi connectivity index (χ1) is 13.5. The highest BCUT2D eigenvalue weighted by Crippen LogP contribution is 2.26. The summed E-state index contributed by atoms with van der Waals surface area (Å²) in [6, 6.07) is 20.7. The molecule has 0 heterocycles. The SMILES string of the molecule is Cc1ccc(C)c(N=Cc2ccc(OCC(=O)Nc3ccccc3)c(Cl)c2)c1. The Bertz CT molecular complexity index is 1000. The van der Waals surface area contributed by atoms with Gasteiger partial charge in [-0.1, -0.05) is 41.9 Å². The molecule has 0 saturated heterocycles. The zero-order valence-electron chi connectivity index (χ0n) is 15.8. The van der Waals surface area contributed by atoms with Crippen molar-refractivity contribution in [2.45, 2.75) is 13.8 Å². The van der Waals surface area contributed by atoms with Crippen molar-refractivity contribution in [3.63, 3.8) is 0 Å². The zero-order chi connectivity index (χ0) is 19.9. The van der Waals surface area contributed by atoms with Crippen LogP contribution in [0.25, 0.3) is 0 Å². The summed E-state index contributed by atoms with van der Waals surface area (Å²) in [5.74, 6) is 0.205. The van der Waals surface area contributed by atoms with Crippen molar-refractivity contribution in [2.24, 2.45) is 4.99 Å². The Kier molecular flexibility index (Phi) is 6.45. The molecule has 3 rings (SSSR count). The number of halogens is 1. The second-order valence-electron chi connectivity index (χ2n) is 6.44. The number of hydrogen-bond acceptors (Lipinski definition) is 3. The van der Waals surface area contributed by atoms with Crippen molar-refractivity contribution in [1.29, 1.82) is 0 Å².